The highest BCUT2D eigenvalue weighted by Gasteiger charge is 2.01. The van der Waals surface area contributed by atoms with Crippen molar-refractivity contribution < 1.29 is 0 Å². The highest BCUT2D eigenvalue weighted by atomic mass is 127. The largest absolute Gasteiger partial charge is 0.357 e. The van der Waals surface area contributed by atoms with Crippen molar-refractivity contribution in [2.45, 2.75) is 33.2 Å². The van der Waals surface area contributed by atoms with Crippen LogP contribution < -0.4 is 10.6 Å². The van der Waals surface area contributed by atoms with E-state index in [0.717, 1.165) is 37.6 Å². The van der Waals surface area contributed by atoms with Gasteiger partial charge in [-0.15, -0.1) is 24.0 Å². The van der Waals surface area contributed by atoms with Gasteiger partial charge in [0.25, 0.3) is 0 Å². The van der Waals surface area contributed by atoms with Crippen LogP contribution in [0.3, 0.4) is 0 Å². The van der Waals surface area contributed by atoms with Gasteiger partial charge < -0.3 is 10.6 Å². The van der Waals surface area contributed by atoms with Crippen LogP contribution in [-0.4, -0.2) is 29.2 Å². The molecule has 0 radical (unpaired) electrons. The summed E-state index contributed by atoms with van der Waals surface area (Å²) < 4.78 is 0. The fourth-order valence-corrected chi connectivity index (χ4v) is 2.21. The molecule has 0 aliphatic heterocycles. The summed E-state index contributed by atoms with van der Waals surface area (Å²) in [5, 5.41) is 13.7. The number of aromatic nitrogens is 2. The number of nitrogens with zero attached hydrogens (tertiary/aromatic N) is 2. The lowest BCUT2D eigenvalue weighted by Gasteiger charge is -2.11. The molecular formula is C17H26IN5. The minimum atomic E-state index is 0. The first-order valence-electron chi connectivity index (χ1n) is 7.84. The molecule has 1 aromatic heterocycles. The highest BCUT2D eigenvalue weighted by Crippen LogP contribution is 2.05. The molecule has 5 nitrogen and oxygen atoms in total. The van der Waals surface area contributed by atoms with Crippen LogP contribution in [0.25, 0.3) is 0 Å². The number of H-pyrrole nitrogens is 1. The standard InChI is InChI=1S/C17H25N5.HI/c1-3-18-17(20-12-15-8-5-4-6-9-15)19-11-7-10-16-13-21-22-14(16)2;/h4-6,8-9,13H,3,7,10-12H2,1-2H3,(H,21,22)(H2,18,19,20);1H. The van der Waals surface area contributed by atoms with E-state index in [4.69, 9.17) is 0 Å². The van der Waals surface area contributed by atoms with Gasteiger partial charge in [0.1, 0.15) is 0 Å². The fourth-order valence-electron chi connectivity index (χ4n) is 2.21. The van der Waals surface area contributed by atoms with Crippen molar-refractivity contribution in [2.24, 2.45) is 4.99 Å². The van der Waals surface area contributed by atoms with E-state index in [1.165, 1.54) is 11.1 Å². The van der Waals surface area contributed by atoms with Gasteiger partial charge in [0.15, 0.2) is 5.96 Å². The van der Waals surface area contributed by atoms with Crippen molar-refractivity contribution >= 4 is 29.9 Å². The molecule has 0 spiro atoms. The van der Waals surface area contributed by atoms with Crippen molar-refractivity contribution in [3.8, 4) is 0 Å². The van der Waals surface area contributed by atoms with Crippen molar-refractivity contribution in [1.29, 1.82) is 0 Å². The minimum Gasteiger partial charge on any atom is -0.357 e. The Balaban J connectivity index is 0.00000264. The molecule has 1 heterocycles. The van der Waals surface area contributed by atoms with Crippen molar-refractivity contribution in [3.63, 3.8) is 0 Å². The maximum absolute atomic E-state index is 4.61. The number of guanidine groups is 1. The van der Waals surface area contributed by atoms with Crippen LogP contribution in [0.5, 0.6) is 0 Å². The maximum Gasteiger partial charge on any atom is 0.191 e. The summed E-state index contributed by atoms with van der Waals surface area (Å²) in [6.07, 6.45) is 3.98. The number of aliphatic imine (C=N–C) groups is 1. The van der Waals surface area contributed by atoms with Gasteiger partial charge in [-0.05, 0) is 37.8 Å². The third-order valence-corrected chi connectivity index (χ3v) is 3.46. The van der Waals surface area contributed by atoms with E-state index in [2.05, 4.69) is 51.8 Å². The first kappa shape index (κ1) is 19.5. The maximum atomic E-state index is 4.61. The molecule has 0 atom stereocenters. The van der Waals surface area contributed by atoms with Crippen LogP contribution in [0, 0.1) is 6.92 Å². The molecule has 0 aliphatic carbocycles. The molecule has 0 saturated carbocycles. The highest BCUT2D eigenvalue weighted by molar-refractivity contribution is 14.0. The summed E-state index contributed by atoms with van der Waals surface area (Å²) in [5.41, 5.74) is 3.66. The number of aryl methyl sites for hydroxylation is 2. The fraction of sp³-hybridized carbons (Fsp3) is 0.412. The summed E-state index contributed by atoms with van der Waals surface area (Å²) in [7, 11) is 0. The van der Waals surface area contributed by atoms with E-state index >= 15 is 0 Å². The Morgan fingerprint density at radius 1 is 1.22 bits per heavy atom. The zero-order valence-electron chi connectivity index (χ0n) is 13.8. The van der Waals surface area contributed by atoms with E-state index < -0.39 is 0 Å². The lowest BCUT2D eigenvalue weighted by atomic mass is 10.1. The second kappa shape index (κ2) is 11.0. The predicted octanol–water partition coefficient (Wildman–Crippen LogP) is 3.02. The van der Waals surface area contributed by atoms with Gasteiger partial charge >= 0.3 is 0 Å². The third-order valence-electron chi connectivity index (χ3n) is 3.46. The van der Waals surface area contributed by atoms with Gasteiger partial charge in [-0.2, -0.15) is 5.10 Å². The van der Waals surface area contributed by atoms with Crippen LogP contribution in [0.2, 0.25) is 0 Å². The first-order chi connectivity index (χ1) is 10.8. The smallest absolute Gasteiger partial charge is 0.191 e. The van der Waals surface area contributed by atoms with E-state index in [9.17, 15) is 0 Å². The van der Waals surface area contributed by atoms with Crippen LogP contribution in [-0.2, 0) is 13.0 Å². The molecule has 1 aromatic carbocycles. The van der Waals surface area contributed by atoms with Crippen molar-refractivity contribution in [3.05, 3.63) is 53.3 Å². The van der Waals surface area contributed by atoms with Gasteiger partial charge in [-0.3, -0.25) is 5.10 Å². The summed E-state index contributed by atoms with van der Waals surface area (Å²) in [4.78, 5) is 4.61. The predicted molar refractivity (Wildman–Crippen MR) is 106 cm³/mol. The Hall–Kier alpha value is -1.57. The number of hydrogen-bond acceptors (Lipinski definition) is 2. The number of benzene rings is 1. The molecule has 23 heavy (non-hydrogen) atoms. The Bertz CT molecular complexity index is 580. The molecule has 0 aliphatic rings. The van der Waals surface area contributed by atoms with Crippen LogP contribution in [0.15, 0.2) is 41.5 Å². The summed E-state index contributed by atoms with van der Waals surface area (Å²) in [6.45, 7) is 6.58. The molecule has 2 rings (SSSR count). The normalized spacial score (nSPS) is 11.0. The second-order valence-corrected chi connectivity index (χ2v) is 5.23. The van der Waals surface area contributed by atoms with Gasteiger partial charge in [-0.1, -0.05) is 30.3 Å². The quantitative estimate of drug-likeness (QED) is 0.276. The zero-order valence-corrected chi connectivity index (χ0v) is 16.1. The molecular weight excluding hydrogens is 401 g/mol. The number of nitrogens with one attached hydrogen (secondary N) is 3. The number of rotatable bonds is 7. The Morgan fingerprint density at radius 3 is 2.65 bits per heavy atom. The van der Waals surface area contributed by atoms with E-state index in [1.54, 1.807) is 0 Å². The molecule has 6 heteroatoms. The average molecular weight is 427 g/mol. The molecule has 0 bridgehead atoms. The van der Waals surface area contributed by atoms with Crippen molar-refractivity contribution in [1.82, 2.24) is 20.8 Å². The second-order valence-electron chi connectivity index (χ2n) is 5.23. The van der Waals surface area contributed by atoms with Gasteiger partial charge in [0.05, 0.1) is 12.7 Å². The van der Waals surface area contributed by atoms with E-state index in [0.29, 0.717) is 6.54 Å². The SMILES string of the molecule is CCNC(=NCc1ccccc1)NCCCc1cn[nH]c1C.I. The number of hydrogen-bond donors (Lipinski definition) is 3. The lowest BCUT2D eigenvalue weighted by Crippen LogP contribution is -2.37. The molecule has 3 N–H and O–H groups in total. The molecule has 126 valence electrons. The molecule has 2 aromatic rings. The Labute approximate surface area is 155 Å². The van der Waals surface area contributed by atoms with Crippen molar-refractivity contribution in [2.75, 3.05) is 13.1 Å². The first-order valence-corrected chi connectivity index (χ1v) is 7.84. The molecule has 0 amide bonds. The van der Waals surface area contributed by atoms with Gasteiger partial charge in [0.2, 0.25) is 0 Å². The monoisotopic (exact) mass is 427 g/mol. The van der Waals surface area contributed by atoms with E-state index in [-0.39, 0.29) is 24.0 Å². The van der Waals surface area contributed by atoms with Gasteiger partial charge in [-0.25, -0.2) is 4.99 Å². The molecule has 0 unspecified atom stereocenters. The van der Waals surface area contributed by atoms with Crippen LogP contribution in [0.1, 0.15) is 30.2 Å². The van der Waals surface area contributed by atoms with Gasteiger partial charge in [0, 0.05) is 18.8 Å². The summed E-state index contributed by atoms with van der Waals surface area (Å²) in [6, 6.07) is 10.3. The van der Waals surface area contributed by atoms with Crippen LogP contribution in [0.4, 0.5) is 0 Å². The lowest BCUT2D eigenvalue weighted by molar-refractivity contribution is 0.742. The Kier molecular flexibility index (Phi) is 9.35. The third kappa shape index (κ3) is 7.02. The minimum absolute atomic E-state index is 0. The van der Waals surface area contributed by atoms with Crippen LogP contribution >= 0.6 is 24.0 Å². The molecule has 0 fully saturated rings. The number of halogens is 1. The topological polar surface area (TPSA) is 65.1 Å². The average Bonchev–Trinajstić information content (AvgIpc) is 2.95. The number of aromatic amines is 1. The summed E-state index contributed by atoms with van der Waals surface area (Å²) >= 11 is 0. The van der Waals surface area contributed by atoms with E-state index in [1.807, 2.05) is 24.4 Å². The zero-order chi connectivity index (χ0) is 15.6. The molecule has 0 saturated heterocycles. The summed E-state index contributed by atoms with van der Waals surface area (Å²) in [5.74, 6) is 0.871. The Morgan fingerprint density at radius 2 is 2.00 bits per heavy atom.